The molecule has 3 nitrogen and oxygen atoms in total. The number of rotatable bonds is 4. The molecular formula is C18H25NO2S. The number of likely N-dealkylation sites (tertiary alicyclic amines) is 1. The van der Waals surface area contributed by atoms with Gasteiger partial charge in [-0.1, -0.05) is 18.2 Å². The van der Waals surface area contributed by atoms with Crippen LogP contribution < -0.4 is 0 Å². The molecule has 4 heteroatoms. The highest BCUT2D eigenvalue weighted by Crippen LogP contribution is 2.28. The predicted molar refractivity (Wildman–Crippen MR) is 90.7 cm³/mol. The summed E-state index contributed by atoms with van der Waals surface area (Å²) in [5, 5.41) is 0. The fraction of sp³-hybridized carbons (Fsp3) is 0.611. The van der Waals surface area contributed by atoms with E-state index in [2.05, 4.69) is 11.0 Å². The van der Waals surface area contributed by atoms with Crippen molar-refractivity contribution in [2.45, 2.75) is 36.6 Å². The molecule has 2 fully saturated rings. The number of nitrogens with zero attached hydrogens (tertiary/aromatic N) is 1. The normalized spacial score (nSPS) is 24.3. The Morgan fingerprint density at radius 2 is 2.00 bits per heavy atom. The van der Waals surface area contributed by atoms with Gasteiger partial charge in [0.2, 0.25) is 0 Å². The summed E-state index contributed by atoms with van der Waals surface area (Å²) in [4.78, 5) is 16.6. The van der Waals surface area contributed by atoms with E-state index in [1.54, 1.807) is 11.8 Å². The van der Waals surface area contributed by atoms with E-state index in [9.17, 15) is 4.79 Å². The Morgan fingerprint density at radius 3 is 2.77 bits per heavy atom. The third-order valence-corrected chi connectivity index (χ3v) is 5.70. The molecule has 0 radical (unpaired) electrons. The Hall–Kier alpha value is -0.840. The van der Waals surface area contributed by atoms with Crippen molar-refractivity contribution in [3.8, 4) is 0 Å². The van der Waals surface area contributed by atoms with Gasteiger partial charge in [-0.2, -0.15) is 0 Å². The van der Waals surface area contributed by atoms with Gasteiger partial charge in [0.05, 0.1) is 0 Å². The summed E-state index contributed by atoms with van der Waals surface area (Å²) in [6.45, 7) is 3.80. The quantitative estimate of drug-likeness (QED) is 0.628. The van der Waals surface area contributed by atoms with Crippen molar-refractivity contribution in [2.75, 3.05) is 32.6 Å². The van der Waals surface area contributed by atoms with Gasteiger partial charge in [-0.25, -0.2) is 0 Å². The van der Waals surface area contributed by atoms with Gasteiger partial charge in [0.25, 0.3) is 0 Å². The Labute approximate surface area is 137 Å². The molecule has 120 valence electrons. The lowest BCUT2D eigenvalue weighted by atomic mass is 9.88. The molecule has 0 saturated carbocycles. The van der Waals surface area contributed by atoms with Gasteiger partial charge in [0, 0.05) is 42.2 Å². The van der Waals surface area contributed by atoms with Crippen molar-refractivity contribution in [2.24, 2.45) is 5.92 Å². The highest BCUT2D eigenvalue weighted by molar-refractivity contribution is 7.98. The second-order valence-corrected chi connectivity index (χ2v) is 7.09. The summed E-state index contributed by atoms with van der Waals surface area (Å²) in [7, 11) is 0. The number of benzene rings is 1. The molecule has 0 aromatic heterocycles. The second-order valence-electron chi connectivity index (χ2n) is 6.24. The molecule has 2 heterocycles. The van der Waals surface area contributed by atoms with Crippen LogP contribution in [0.15, 0.2) is 29.2 Å². The lowest BCUT2D eigenvalue weighted by Crippen LogP contribution is -2.46. The van der Waals surface area contributed by atoms with Crippen molar-refractivity contribution >= 4 is 17.5 Å². The molecule has 0 spiro atoms. The molecule has 2 saturated heterocycles. The van der Waals surface area contributed by atoms with E-state index < -0.39 is 0 Å². The maximum atomic E-state index is 12.9. The zero-order valence-corrected chi connectivity index (χ0v) is 14.1. The van der Waals surface area contributed by atoms with Gasteiger partial charge >= 0.3 is 0 Å². The average Bonchev–Trinajstić information content (AvgIpc) is 2.62. The summed E-state index contributed by atoms with van der Waals surface area (Å²) < 4.78 is 5.47. The van der Waals surface area contributed by atoms with Gasteiger partial charge in [-0.3, -0.25) is 9.69 Å². The average molecular weight is 319 g/mol. The highest BCUT2D eigenvalue weighted by Gasteiger charge is 2.31. The molecule has 0 amide bonds. The standard InChI is InChI=1S/C18H25NO2S/c1-22-17-7-3-2-6-16(17)18(20)14-5-4-10-19(13-14)15-8-11-21-12-9-15/h2-3,6-7,14-15H,4-5,8-13H2,1H3/t14-/m0/s1. The molecule has 0 N–H and O–H groups in total. The van der Waals surface area contributed by atoms with E-state index in [4.69, 9.17) is 4.74 Å². The fourth-order valence-electron chi connectivity index (χ4n) is 3.67. The number of ether oxygens (including phenoxy) is 1. The van der Waals surface area contributed by atoms with Crippen LogP contribution in [0.25, 0.3) is 0 Å². The van der Waals surface area contributed by atoms with E-state index in [1.165, 1.54) is 0 Å². The Kier molecular flexibility index (Phi) is 5.55. The third kappa shape index (κ3) is 3.55. The molecule has 0 bridgehead atoms. The molecule has 0 unspecified atom stereocenters. The molecular weight excluding hydrogens is 294 g/mol. The lowest BCUT2D eigenvalue weighted by molar-refractivity contribution is 0.0183. The Bertz CT molecular complexity index is 514. The zero-order chi connectivity index (χ0) is 15.4. The van der Waals surface area contributed by atoms with E-state index >= 15 is 0 Å². The molecule has 0 aliphatic carbocycles. The minimum atomic E-state index is 0.157. The van der Waals surface area contributed by atoms with E-state index in [1.807, 2.05) is 24.5 Å². The number of piperidine rings is 1. The summed E-state index contributed by atoms with van der Waals surface area (Å²) >= 11 is 1.67. The lowest BCUT2D eigenvalue weighted by Gasteiger charge is -2.39. The van der Waals surface area contributed by atoms with Gasteiger partial charge in [0.15, 0.2) is 5.78 Å². The maximum Gasteiger partial charge on any atom is 0.168 e. The molecule has 1 atom stereocenters. The molecule has 22 heavy (non-hydrogen) atoms. The number of ketones is 1. The van der Waals surface area contributed by atoms with Crippen LogP contribution in [0.4, 0.5) is 0 Å². The van der Waals surface area contributed by atoms with Gasteiger partial charge in [-0.15, -0.1) is 11.8 Å². The number of carbonyl (C=O) groups is 1. The molecule has 1 aromatic rings. The van der Waals surface area contributed by atoms with Crippen molar-refractivity contribution < 1.29 is 9.53 Å². The Morgan fingerprint density at radius 1 is 1.23 bits per heavy atom. The van der Waals surface area contributed by atoms with Crippen LogP contribution in [-0.2, 0) is 4.74 Å². The van der Waals surface area contributed by atoms with Crippen LogP contribution in [0.1, 0.15) is 36.0 Å². The topological polar surface area (TPSA) is 29.5 Å². The number of Topliss-reactive ketones (excluding diaryl/α,β-unsaturated/α-hetero) is 1. The van der Waals surface area contributed by atoms with Gasteiger partial charge < -0.3 is 4.74 Å². The Balaban J connectivity index is 1.69. The van der Waals surface area contributed by atoms with Crippen molar-refractivity contribution in [3.05, 3.63) is 29.8 Å². The molecule has 2 aliphatic heterocycles. The maximum absolute atomic E-state index is 12.9. The number of hydrogen-bond donors (Lipinski definition) is 0. The van der Waals surface area contributed by atoms with E-state index in [0.717, 1.165) is 62.4 Å². The first kappa shape index (κ1) is 16.0. The number of carbonyl (C=O) groups excluding carboxylic acids is 1. The summed E-state index contributed by atoms with van der Waals surface area (Å²) in [5.74, 6) is 0.492. The smallest absolute Gasteiger partial charge is 0.168 e. The van der Waals surface area contributed by atoms with Crippen molar-refractivity contribution in [1.82, 2.24) is 4.90 Å². The van der Waals surface area contributed by atoms with E-state index in [-0.39, 0.29) is 5.92 Å². The molecule has 3 rings (SSSR count). The fourth-order valence-corrected chi connectivity index (χ4v) is 4.27. The van der Waals surface area contributed by atoms with Gasteiger partial charge in [-0.05, 0) is 44.6 Å². The number of thioether (sulfide) groups is 1. The van der Waals surface area contributed by atoms with Crippen molar-refractivity contribution in [1.29, 1.82) is 0 Å². The zero-order valence-electron chi connectivity index (χ0n) is 13.3. The molecule has 2 aliphatic rings. The summed E-state index contributed by atoms with van der Waals surface area (Å²) in [5.41, 5.74) is 0.911. The largest absolute Gasteiger partial charge is 0.381 e. The third-order valence-electron chi connectivity index (χ3n) is 4.90. The first-order chi connectivity index (χ1) is 10.8. The summed E-state index contributed by atoms with van der Waals surface area (Å²) in [6.07, 6.45) is 6.43. The van der Waals surface area contributed by atoms with Crippen LogP contribution in [0.2, 0.25) is 0 Å². The first-order valence-electron chi connectivity index (χ1n) is 8.28. The van der Waals surface area contributed by atoms with Crippen LogP contribution in [0, 0.1) is 5.92 Å². The van der Waals surface area contributed by atoms with Crippen molar-refractivity contribution in [3.63, 3.8) is 0 Å². The van der Waals surface area contributed by atoms with E-state index in [0.29, 0.717) is 11.8 Å². The van der Waals surface area contributed by atoms with Gasteiger partial charge in [0.1, 0.15) is 0 Å². The minimum Gasteiger partial charge on any atom is -0.381 e. The van der Waals surface area contributed by atoms with Crippen LogP contribution in [-0.4, -0.2) is 49.3 Å². The second kappa shape index (κ2) is 7.62. The SMILES string of the molecule is CSc1ccccc1C(=O)[C@H]1CCCN(C2CCOCC2)C1. The number of hydrogen-bond acceptors (Lipinski definition) is 4. The first-order valence-corrected chi connectivity index (χ1v) is 9.51. The molecule has 1 aromatic carbocycles. The minimum absolute atomic E-state index is 0.157. The van der Waals surface area contributed by atoms with Crippen LogP contribution in [0.3, 0.4) is 0 Å². The highest BCUT2D eigenvalue weighted by atomic mass is 32.2. The predicted octanol–water partition coefficient (Wildman–Crippen LogP) is 3.48. The monoisotopic (exact) mass is 319 g/mol. The van der Waals surface area contributed by atoms with Crippen LogP contribution >= 0.6 is 11.8 Å². The summed E-state index contributed by atoms with van der Waals surface area (Å²) in [6, 6.07) is 8.64. The van der Waals surface area contributed by atoms with Crippen LogP contribution in [0.5, 0.6) is 0 Å².